The first-order valence-electron chi connectivity index (χ1n) is 12.5. The molecule has 3 aromatic heterocycles. The molecular weight excluding hydrogens is 530 g/mol. The highest BCUT2D eigenvalue weighted by atomic mass is 16.4. The molecule has 216 valence electrons. The third-order valence-corrected chi connectivity index (χ3v) is 5.65. The normalized spacial score (nSPS) is 11.7. The van der Waals surface area contributed by atoms with Crippen LogP contribution in [0.5, 0.6) is 0 Å². The van der Waals surface area contributed by atoms with Gasteiger partial charge >= 0.3 is 12.1 Å². The van der Waals surface area contributed by atoms with Gasteiger partial charge in [0.05, 0.1) is 30.6 Å². The molecule has 4 aromatic rings. The molecule has 0 aliphatic heterocycles. The maximum absolute atomic E-state index is 9.90. The molecule has 1 aromatic carbocycles. The number of aromatic nitrogens is 5. The Morgan fingerprint density at radius 1 is 1.12 bits per heavy atom. The summed E-state index contributed by atoms with van der Waals surface area (Å²) in [5.41, 5.74) is 4.72. The lowest BCUT2D eigenvalue weighted by Gasteiger charge is -2.19. The van der Waals surface area contributed by atoms with Crippen molar-refractivity contribution >= 4 is 29.7 Å². The number of aliphatic carboxylic acids is 1. The van der Waals surface area contributed by atoms with Crippen LogP contribution in [0.4, 0.5) is 11.9 Å². The Hall–Kier alpha value is -4.97. The first-order chi connectivity index (χ1) is 19.6. The standard InChI is InChI=1S/C24H29N7O2.C3H4O2.CO2/c1-15(2)19-13-27-31-22(19)29-23(28-21(14-32)16(3)33)30-24(31)26-12-17-7-9-18(10-8-17)20-6-4-5-11-25-20;1-2-3(4)5;2-1-3/h4-11,13,15-16,21,32-33H,12,14H2,1-3H3,(H2,26,28,29,30);2H,1H2,(H,4,5);/t16?,21-;;/m1../s1. The molecule has 0 aliphatic carbocycles. The van der Waals surface area contributed by atoms with Gasteiger partial charge in [-0.2, -0.15) is 29.2 Å². The summed E-state index contributed by atoms with van der Waals surface area (Å²) in [4.78, 5) is 39.0. The molecule has 0 saturated carbocycles. The van der Waals surface area contributed by atoms with E-state index in [0.717, 1.165) is 28.5 Å². The van der Waals surface area contributed by atoms with Crippen LogP contribution in [0.2, 0.25) is 0 Å². The van der Waals surface area contributed by atoms with Gasteiger partial charge in [-0.15, -0.1) is 0 Å². The fraction of sp³-hybridized carbons (Fsp3) is 0.286. The Labute approximate surface area is 236 Å². The monoisotopic (exact) mass is 563 g/mol. The first kappa shape index (κ1) is 32.2. The van der Waals surface area contributed by atoms with E-state index >= 15 is 0 Å². The number of aliphatic hydroxyl groups is 2. The summed E-state index contributed by atoms with van der Waals surface area (Å²) < 4.78 is 1.68. The molecular formula is C28H33N7O6. The van der Waals surface area contributed by atoms with E-state index in [1.165, 1.54) is 0 Å². The van der Waals surface area contributed by atoms with Crippen LogP contribution in [0.25, 0.3) is 16.9 Å². The maximum atomic E-state index is 9.90. The van der Waals surface area contributed by atoms with E-state index in [1.807, 2.05) is 42.5 Å². The van der Waals surface area contributed by atoms with Crippen LogP contribution in [0, 0.1) is 0 Å². The quantitative estimate of drug-likeness (QED) is 0.177. The Balaban J connectivity index is 0.000000653. The SMILES string of the molecule is C=CC(=O)O.CC(C)c1cnn2c(NCc3ccc(-c4ccccn4)cc3)nc(N[C@H](CO)C(C)O)nc12.O=C=O. The molecule has 41 heavy (non-hydrogen) atoms. The van der Waals surface area contributed by atoms with E-state index in [0.29, 0.717) is 24.1 Å². The van der Waals surface area contributed by atoms with Crippen molar-refractivity contribution in [1.82, 2.24) is 24.6 Å². The van der Waals surface area contributed by atoms with Gasteiger partial charge in [0.25, 0.3) is 0 Å². The second kappa shape index (κ2) is 16.2. The topological polar surface area (TPSA) is 192 Å². The summed E-state index contributed by atoms with van der Waals surface area (Å²) in [5.74, 6) is 0.0796. The molecule has 13 nitrogen and oxygen atoms in total. The molecule has 0 spiro atoms. The van der Waals surface area contributed by atoms with Crippen LogP contribution in [0.1, 0.15) is 37.8 Å². The number of pyridine rings is 1. The number of carbonyl (C=O) groups is 1. The molecule has 13 heteroatoms. The fourth-order valence-corrected chi connectivity index (χ4v) is 3.47. The number of nitrogens with one attached hydrogen (secondary N) is 2. The second-order valence-electron chi connectivity index (χ2n) is 8.93. The second-order valence-corrected chi connectivity index (χ2v) is 8.93. The van der Waals surface area contributed by atoms with Gasteiger partial charge in [0.2, 0.25) is 11.9 Å². The predicted octanol–water partition coefficient (Wildman–Crippen LogP) is 2.75. The summed E-state index contributed by atoms with van der Waals surface area (Å²) in [6, 6.07) is 13.5. The van der Waals surface area contributed by atoms with E-state index in [1.54, 1.807) is 23.8 Å². The van der Waals surface area contributed by atoms with Crippen molar-refractivity contribution in [2.24, 2.45) is 0 Å². The minimum atomic E-state index is -0.981. The minimum Gasteiger partial charge on any atom is -0.478 e. The summed E-state index contributed by atoms with van der Waals surface area (Å²) in [6.45, 7) is 9.02. The van der Waals surface area contributed by atoms with Gasteiger partial charge in [-0.1, -0.05) is 50.8 Å². The van der Waals surface area contributed by atoms with Crippen molar-refractivity contribution in [2.75, 3.05) is 17.2 Å². The smallest absolute Gasteiger partial charge is 0.373 e. The molecule has 0 saturated heterocycles. The van der Waals surface area contributed by atoms with E-state index in [9.17, 15) is 15.0 Å². The third-order valence-electron chi connectivity index (χ3n) is 5.65. The average Bonchev–Trinajstić information content (AvgIpc) is 3.40. The summed E-state index contributed by atoms with van der Waals surface area (Å²) >= 11 is 0. The van der Waals surface area contributed by atoms with Crippen molar-refractivity contribution in [1.29, 1.82) is 0 Å². The molecule has 0 radical (unpaired) electrons. The highest BCUT2D eigenvalue weighted by Gasteiger charge is 2.19. The zero-order valence-corrected chi connectivity index (χ0v) is 22.9. The van der Waals surface area contributed by atoms with Crippen molar-refractivity contribution < 1.29 is 29.7 Å². The number of anilines is 2. The van der Waals surface area contributed by atoms with Crippen LogP contribution in [-0.2, 0) is 20.9 Å². The Kier molecular flexibility index (Phi) is 12.7. The lowest BCUT2D eigenvalue weighted by molar-refractivity contribution is -0.191. The van der Waals surface area contributed by atoms with Gasteiger partial charge in [-0.3, -0.25) is 4.98 Å². The first-order valence-corrected chi connectivity index (χ1v) is 12.5. The van der Waals surface area contributed by atoms with Gasteiger partial charge in [-0.25, -0.2) is 4.79 Å². The van der Waals surface area contributed by atoms with Gasteiger partial charge in [-0.05, 0) is 30.5 Å². The number of rotatable bonds is 10. The number of hydrogen-bond acceptors (Lipinski definition) is 11. The Morgan fingerprint density at radius 3 is 2.29 bits per heavy atom. The van der Waals surface area contributed by atoms with E-state index in [4.69, 9.17) is 14.7 Å². The predicted molar refractivity (Wildman–Crippen MR) is 151 cm³/mol. The summed E-state index contributed by atoms with van der Waals surface area (Å²) in [5, 5.41) is 37.9. The van der Waals surface area contributed by atoms with Gasteiger partial charge in [0.1, 0.15) is 0 Å². The number of carbonyl (C=O) groups excluding carboxylic acids is 2. The van der Waals surface area contributed by atoms with Gasteiger partial charge < -0.3 is 26.0 Å². The lowest BCUT2D eigenvalue weighted by Crippen LogP contribution is -2.35. The molecule has 4 rings (SSSR count). The van der Waals surface area contributed by atoms with Crippen molar-refractivity contribution in [3.05, 3.63) is 78.6 Å². The molecule has 3 heterocycles. The number of aliphatic hydroxyl groups excluding tert-OH is 2. The molecule has 0 bridgehead atoms. The molecule has 5 N–H and O–H groups in total. The van der Waals surface area contributed by atoms with Crippen LogP contribution < -0.4 is 10.6 Å². The number of hydrogen-bond donors (Lipinski definition) is 5. The van der Waals surface area contributed by atoms with Gasteiger partial charge in [0, 0.05) is 29.9 Å². The number of carboxylic acid groups (broad SMARTS) is 1. The van der Waals surface area contributed by atoms with Crippen LogP contribution >= 0.6 is 0 Å². The van der Waals surface area contributed by atoms with Gasteiger partial charge in [0.15, 0.2) is 5.65 Å². The number of benzene rings is 1. The maximum Gasteiger partial charge on any atom is 0.373 e. The molecule has 0 aliphatic rings. The largest absolute Gasteiger partial charge is 0.478 e. The lowest BCUT2D eigenvalue weighted by atomic mass is 10.1. The van der Waals surface area contributed by atoms with Crippen molar-refractivity contribution in [3.63, 3.8) is 0 Å². The molecule has 1 unspecified atom stereocenters. The Morgan fingerprint density at radius 2 is 1.78 bits per heavy atom. The van der Waals surface area contributed by atoms with E-state index in [-0.39, 0.29) is 18.7 Å². The highest BCUT2D eigenvalue weighted by molar-refractivity contribution is 5.78. The zero-order valence-electron chi connectivity index (χ0n) is 22.9. The zero-order chi connectivity index (χ0) is 30.4. The number of fused-ring (bicyclic) bond motifs is 1. The van der Waals surface area contributed by atoms with E-state index in [2.05, 4.69) is 51.1 Å². The average molecular weight is 564 g/mol. The van der Waals surface area contributed by atoms with E-state index < -0.39 is 18.1 Å². The third kappa shape index (κ3) is 9.62. The minimum absolute atomic E-state index is 0.225. The number of nitrogens with zero attached hydrogens (tertiary/aromatic N) is 5. The van der Waals surface area contributed by atoms with Crippen LogP contribution in [-0.4, -0.2) is 70.8 Å². The molecule has 2 atom stereocenters. The molecule has 0 amide bonds. The summed E-state index contributed by atoms with van der Waals surface area (Å²) in [7, 11) is 0. The molecule has 0 fully saturated rings. The fourth-order valence-electron chi connectivity index (χ4n) is 3.47. The van der Waals surface area contributed by atoms with Crippen LogP contribution in [0.15, 0.2) is 67.5 Å². The summed E-state index contributed by atoms with van der Waals surface area (Å²) in [6.07, 6.45) is 3.90. The Bertz CT molecular complexity index is 1430. The van der Waals surface area contributed by atoms with Crippen LogP contribution in [0.3, 0.4) is 0 Å². The van der Waals surface area contributed by atoms with Crippen molar-refractivity contribution in [3.8, 4) is 11.3 Å². The number of carboxylic acids is 1. The highest BCUT2D eigenvalue weighted by Crippen LogP contribution is 2.23. The van der Waals surface area contributed by atoms with Crippen molar-refractivity contribution in [2.45, 2.75) is 45.4 Å².